The van der Waals surface area contributed by atoms with Crippen LogP contribution in [0.25, 0.3) is 0 Å². The maximum atomic E-state index is 13.6. The summed E-state index contributed by atoms with van der Waals surface area (Å²) in [4.78, 5) is 11.8. The monoisotopic (exact) mass is 281 g/mol. The van der Waals surface area contributed by atoms with E-state index in [0.717, 1.165) is 17.2 Å². The Kier molecular flexibility index (Phi) is 4.42. The maximum absolute atomic E-state index is 13.6. The summed E-state index contributed by atoms with van der Waals surface area (Å²) in [6, 6.07) is 13.0. The van der Waals surface area contributed by atoms with Gasteiger partial charge in [0, 0.05) is 0 Å². The Bertz CT molecular complexity index is 747. The van der Waals surface area contributed by atoms with Crippen LogP contribution in [0.15, 0.2) is 47.6 Å². The Labute approximate surface area is 121 Å². The van der Waals surface area contributed by atoms with E-state index in [1.165, 1.54) is 18.3 Å². The summed E-state index contributed by atoms with van der Waals surface area (Å²) in [5.41, 5.74) is 4.16. The number of halogens is 1. The number of nitriles is 1. The molecule has 0 radical (unpaired) electrons. The van der Waals surface area contributed by atoms with Crippen molar-refractivity contribution < 1.29 is 9.18 Å². The molecule has 0 unspecified atom stereocenters. The first-order chi connectivity index (χ1) is 10.1. The number of aryl methyl sites for hydroxylation is 1. The third-order valence-corrected chi connectivity index (χ3v) is 2.76. The van der Waals surface area contributed by atoms with E-state index in [2.05, 4.69) is 10.5 Å². The Morgan fingerprint density at radius 3 is 2.81 bits per heavy atom. The minimum atomic E-state index is -0.752. The molecular formula is C16H12FN3O. The second-order valence-electron chi connectivity index (χ2n) is 4.42. The smallest absolute Gasteiger partial charge is 0.267 e. The fourth-order valence-corrected chi connectivity index (χ4v) is 1.74. The third-order valence-electron chi connectivity index (χ3n) is 2.76. The number of carbonyl (C=O) groups is 1. The first-order valence-electron chi connectivity index (χ1n) is 6.20. The number of amides is 1. The highest BCUT2D eigenvalue weighted by atomic mass is 19.1. The van der Waals surface area contributed by atoms with Gasteiger partial charge in [0.05, 0.1) is 23.4 Å². The zero-order chi connectivity index (χ0) is 15.2. The van der Waals surface area contributed by atoms with Crippen LogP contribution in [0.5, 0.6) is 0 Å². The molecule has 0 saturated heterocycles. The van der Waals surface area contributed by atoms with E-state index in [1.807, 2.05) is 31.2 Å². The van der Waals surface area contributed by atoms with Gasteiger partial charge < -0.3 is 0 Å². The number of rotatable bonds is 3. The molecule has 1 N–H and O–H groups in total. The summed E-state index contributed by atoms with van der Waals surface area (Å²) in [6.45, 7) is 1.95. The van der Waals surface area contributed by atoms with Crippen LogP contribution in [0.4, 0.5) is 4.39 Å². The van der Waals surface area contributed by atoms with E-state index >= 15 is 0 Å². The Morgan fingerprint density at radius 1 is 1.33 bits per heavy atom. The summed E-state index contributed by atoms with van der Waals surface area (Å²) in [6.07, 6.45) is 1.48. The molecule has 0 atom stereocenters. The lowest BCUT2D eigenvalue weighted by Crippen LogP contribution is -2.19. The van der Waals surface area contributed by atoms with Gasteiger partial charge in [-0.25, -0.2) is 9.82 Å². The van der Waals surface area contributed by atoms with Gasteiger partial charge in [0.2, 0.25) is 0 Å². The number of nitrogens with zero attached hydrogens (tertiary/aromatic N) is 2. The number of nitrogens with one attached hydrogen (secondary N) is 1. The molecule has 0 aliphatic carbocycles. The third kappa shape index (κ3) is 3.74. The number of hydrogen-bond donors (Lipinski definition) is 1. The maximum Gasteiger partial charge on any atom is 0.274 e. The number of hydrogen-bond acceptors (Lipinski definition) is 3. The van der Waals surface area contributed by atoms with Gasteiger partial charge in [-0.15, -0.1) is 0 Å². The molecule has 0 aromatic heterocycles. The largest absolute Gasteiger partial charge is 0.274 e. The quantitative estimate of drug-likeness (QED) is 0.694. The lowest BCUT2D eigenvalue weighted by Gasteiger charge is -2.02. The molecule has 21 heavy (non-hydrogen) atoms. The van der Waals surface area contributed by atoms with Gasteiger partial charge in [-0.05, 0) is 30.7 Å². The molecule has 2 aromatic rings. The molecule has 2 rings (SSSR count). The zero-order valence-electron chi connectivity index (χ0n) is 11.3. The van der Waals surface area contributed by atoms with E-state index in [9.17, 15) is 9.18 Å². The van der Waals surface area contributed by atoms with Crippen LogP contribution >= 0.6 is 0 Å². The molecule has 5 heteroatoms. The lowest BCUT2D eigenvalue weighted by molar-refractivity contribution is 0.0951. The molecule has 104 valence electrons. The number of hydrazone groups is 1. The molecule has 0 spiro atoms. The number of benzene rings is 2. The van der Waals surface area contributed by atoms with E-state index in [4.69, 9.17) is 5.26 Å². The highest BCUT2D eigenvalue weighted by Gasteiger charge is 2.11. The van der Waals surface area contributed by atoms with Gasteiger partial charge in [-0.1, -0.05) is 29.8 Å². The molecule has 0 fully saturated rings. The fraction of sp³-hybridized carbons (Fsp3) is 0.0625. The van der Waals surface area contributed by atoms with E-state index in [0.29, 0.717) is 0 Å². The molecule has 0 saturated carbocycles. The summed E-state index contributed by atoms with van der Waals surface area (Å²) >= 11 is 0. The number of carbonyl (C=O) groups excluding carboxylic acids is 1. The molecule has 0 aliphatic rings. The summed E-state index contributed by atoms with van der Waals surface area (Å²) in [5.74, 6) is -1.42. The van der Waals surface area contributed by atoms with Gasteiger partial charge in [-0.2, -0.15) is 10.4 Å². The van der Waals surface area contributed by atoms with Gasteiger partial charge in [0.1, 0.15) is 5.82 Å². The molecule has 0 aliphatic heterocycles. The Hall–Kier alpha value is -3.00. The normalized spacial score (nSPS) is 10.3. The van der Waals surface area contributed by atoms with E-state index in [-0.39, 0.29) is 11.1 Å². The minimum Gasteiger partial charge on any atom is -0.267 e. The molecule has 0 bridgehead atoms. The average molecular weight is 281 g/mol. The molecule has 1 amide bonds. The van der Waals surface area contributed by atoms with Crippen LogP contribution in [-0.2, 0) is 0 Å². The fourth-order valence-electron chi connectivity index (χ4n) is 1.74. The predicted molar refractivity (Wildman–Crippen MR) is 77.4 cm³/mol. The summed E-state index contributed by atoms with van der Waals surface area (Å²) < 4.78 is 13.6. The van der Waals surface area contributed by atoms with Gasteiger partial charge >= 0.3 is 0 Å². The Balaban J connectivity index is 2.07. The lowest BCUT2D eigenvalue weighted by atomic mass is 10.1. The average Bonchev–Trinajstić information content (AvgIpc) is 2.47. The highest BCUT2D eigenvalue weighted by molar-refractivity contribution is 5.95. The van der Waals surface area contributed by atoms with Crippen LogP contribution in [0.3, 0.4) is 0 Å². The first kappa shape index (κ1) is 14.4. The van der Waals surface area contributed by atoms with Gasteiger partial charge in [-0.3, -0.25) is 4.79 Å². The predicted octanol–water partition coefficient (Wildman–Crippen LogP) is 2.77. The second kappa shape index (κ2) is 6.44. The van der Waals surface area contributed by atoms with Crippen molar-refractivity contribution in [3.8, 4) is 6.07 Å². The Morgan fingerprint density at radius 2 is 2.14 bits per heavy atom. The molecule has 2 aromatic carbocycles. The zero-order valence-corrected chi connectivity index (χ0v) is 11.3. The van der Waals surface area contributed by atoms with Gasteiger partial charge in [0.25, 0.3) is 5.91 Å². The van der Waals surface area contributed by atoms with E-state index in [1.54, 1.807) is 6.07 Å². The first-order valence-corrected chi connectivity index (χ1v) is 6.20. The van der Waals surface area contributed by atoms with Crippen molar-refractivity contribution in [3.63, 3.8) is 0 Å². The van der Waals surface area contributed by atoms with Crippen molar-refractivity contribution in [2.24, 2.45) is 5.10 Å². The standard InChI is InChI=1S/C16H12FN3O/c1-11-3-2-4-13(7-11)10-19-20-16(21)14-6-5-12(9-18)8-15(14)17/h2-8,10H,1H3,(H,20,21)/b19-10-. The van der Waals surface area contributed by atoms with Crippen molar-refractivity contribution >= 4 is 12.1 Å². The van der Waals surface area contributed by atoms with Crippen LogP contribution in [0.2, 0.25) is 0 Å². The van der Waals surface area contributed by atoms with Crippen LogP contribution in [0.1, 0.15) is 27.0 Å². The van der Waals surface area contributed by atoms with Gasteiger partial charge in [0.15, 0.2) is 0 Å². The summed E-state index contributed by atoms with van der Waals surface area (Å²) in [5, 5.41) is 12.4. The van der Waals surface area contributed by atoms with E-state index < -0.39 is 11.7 Å². The van der Waals surface area contributed by atoms with Crippen molar-refractivity contribution in [2.45, 2.75) is 6.92 Å². The second-order valence-corrected chi connectivity index (χ2v) is 4.42. The van der Waals surface area contributed by atoms with Crippen molar-refractivity contribution in [3.05, 3.63) is 70.5 Å². The van der Waals surface area contributed by atoms with Crippen molar-refractivity contribution in [1.82, 2.24) is 5.43 Å². The highest BCUT2D eigenvalue weighted by Crippen LogP contribution is 2.09. The van der Waals surface area contributed by atoms with Crippen molar-refractivity contribution in [1.29, 1.82) is 5.26 Å². The molecule has 0 heterocycles. The summed E-state index contributed by atoms with van der Waals surface area (Å²) in [7, 11) is 0. The molecule has 4 nitrogen and oxygen atoms in total. The van der Waals surface area contributed by atoms with Crippen LogP contribution in [0, 0.1) is 24.1 Å². The SMILES string of the molecule is Cc1cccc(/C=N\NC(=O)c2ccc(C#N)cc2F)c1. The molecular weight excluding hydrogens is 269 g/mol. The van der Waals surface area contributed by atoms with Crippen LogP contribution < -0.4 is 5.43 Å². The minimum absolute atomic E-state index is 0.157. The van der Waals surface area contributed by atoms with Crippen molar-refractivity contribution in [2.75, 3.05) is 0 Å². The van der Waals surface area contributed by atoms with Crippen LogP contribution in [-0.4, -0.2) is 12.1 Å². The topological polar surface area (TPSA) is 65.2 Å².